The molecule has 1 amide bonds. The van der Waals surface area contributed by atoms with E-state index in [1.807, 2.05) is 18.2 Å². The Morgan fingerprint density at radius 1 is 1.35 bits per heavy atom. The second-order valence-corrected chi connectivity index (χ2v) is 5.16. The third kappa shape index (κ3) is 1.84. The van der Waals surface area contributed by atoms with Gasteiger partial charge in [0, 0.05) is 18.2 Å². The van der Waals surface area contributed by atoms with E-state index in [-0.39, 0.29) is 5.91 Å². The molecule has 0 aromatic heterocycles. The number of carbonyl (C=O) groups excluding carboxylic acids is 1. The number of nitrogens with zero attached hydrogens (tertiary/aromatic N) is 1. The van der Waals surface area contributed by atoms with Gasteiger partial charge in [0.1, 0.15) is 0 Å². The molecule has 0 saturated carbocycles. The van der Waals surface area contributed by atoms with E-state index >= 15 is 0 Å². The molecule has 0 radical (unpaired) electrons. The molecule has 17 heavy (non-hydrogen) atoms. The summed E-state index contributed by atoms with van der Waals surface area (Å²) in [5.74, 6) is 0.419. The molecule has 3 heteroatoms. The summed E-state index contributed by atoms with van der Waals surface area (Å²) in [6.07, 6.45) is 1.48. The molecular formula is C14H19NO2. The van der Waals surface area contributed by atoms with Crippen LogP contribution in [-0.2, 0) is 5.72 Å². The van der Waals surface area contributed by atoms with Crippen molar-refractivity contribution < 1.29 is 9.90 Å². The van der Waals surface area contributed by atoms with Crippen molar-refractivity contribution in [3.63, 3.8) is 0 Å². The van der Waals surface area contributed by atoms with Gasteiger partial charge in [-0.15, -0.1) is 0 Å². The lowest BCUT2D eigenvalue weighted by Gasteiger charge is -2.32. The first-order chi connectivity index (χ1) is 7.97. The lowest BCUT2D eigenvalue weighted by atomic mass is 9.94. The van der Waals surface area contributed by atoms with Crippen LogP contribution in [0.25, 0.3) is 0 Å². The zero-order chi connectivity index (χ0) is 12.6. The zero-order valence-electron chi connectivity index (χ0n) is 10.6. The molecule has 1 aromatic carbocycles. The number of hydrogen-bond acceptors (Lipinski definition) is 2. The number of fused-ring (bicyclic) bond motifs is 1. The summed E-state index contributed by atoms with van der Waals surface area (Å²) < 4.78 is 0. The monoisotopic (exact) mass is 233 g/mol. The Hall–Kier alpha value is -1.35. The number of rotatable bonds is 3. The molecule has 0 aliphatic carbocycles. The Morgan fingerprint density at radius 2 is 2.00 bits per heavy atom. The molecule has 2 rings (SSSR count). The van der Waals surface area contributed by atoms with Gasteiger partial charge in [-0.1, -0.05) is 32.0 Å². The number of amides is 1. The van der Waals surface area contributed by atoms with E-state index in [1.54, 1.807) is 13.1 Å². The molecule has 1 unspecified atom stereocenters. The van der Waals surface area contributed by atoms with Gasteiger partial charge < -0.3 is 10.0 Å². The molecule has 92 valence electrons. The Bertz CT molecular complexity index is 442. The molecule has 1 N–H and O–H groups in total. The fourth-order valence-corrected chi connectivity index (χ4v) is 2.34. The Balaban J connectivity index is 2.37. The van der Waals surface area contributed by atoms with Crippen LogP contribution in [0.4, 0.5) is 0 Å². The second kappa shape index (κ2) is 4.15. The molecule has 3 nitrogen and oxygen atoms in total. The number of hydrogen-bond donors (Lipinski definition) is 1. The highest BCUT2D eigenvalue weighted by molar-refractivity contribution is 5.99. The lowest BCUT2D eigenvalue weighted by Crippen LogP contribution is -2.41. The van der Waals surface area contributed by atoms with Gasteiger partial charge >= 0.3 is 0 Å². The van der Waals surface area contributed by atoms with Gasteiger partial charge in [-0.2, -0.15) is 0 Å². The molecule has 1 aliphatic rings. The SMILES string of the molecule is CC(C)CCC1(O)c2ccccc2C(=O)N1C. The molecule has 0 spiro atoms. The normalized spacial score (nSPS) is 23.4. The van der Waals surface area contributed by atoms with Crippen LogP contribution in [-0.4, -0.2) is 23.0 Å². The molecule has 1 aromatic rings. The molecule has 1 aliphatic heterocycles. The van der Waals surface area contributed by atoms with Crippen LogP contribution in [0.1, 0.15) is 42.6 Å². The van der Waals surface area contributed by atoms with Crippen molar-refractivity contribution in [3.05, 3.63) is 35.4 Å². The highest BCUT2D eigenvalue weighted by Gasteiger charge is 2.45. The van der Waals surface area contributed by atoms with E-state index in [9.17, 15) is 9.90 Å². The summed E-state index contributed by atoms with van der Waals surface area (Å²) in [6.45, 7) is 4.23. The second-order valence-electron chi connectivity index (χ2n) is 5.16. The van der Waals surface area contributed by atoms with E-state index in [4.69, 9.17) is 0 Å². The average Bonchev–Trinajstić information content (AvgIpc) is 2.51. The minimum Gasteiger partial charge on any atom is -0.367 e. The van der Waals surface area contributed by atoms with Crippen molar-refractivity contribution in [2.24, 2.45) is 5.92 Å². The molecule has 1 heterocycles. The topological polar surface area (TPSA) is 40.5 Å². The highest BCUT2D eigenvalue weighted by atomic mass is 16.3. The Kier molecular flexibility index (Phi) is 2.96. The predicted molar refractivity (Wildman–Crippen MR) is 66.5 cm³/mol. The van der Waals surface area contributed by atoms with E-state index in [2.05, 4.69) is 13.8 Å². The van der Waals surface area contributed by atoms with Gasteiger partial charge in [-0.25, -0.2) is 0 Å². The molecular weight excluding hydrogens is 214 g/mol. The van der Waals surface area contributed by atoms with Gasteiger partial charge in [0.15, 0.2) is 5.72 Å². The fraction of sp³-hybridized carbons (Fsp3) is 0.500. The van der Waals surface area contributed by atoms with Gasteiger partial charge in [0.25, 0.3) is 5.91 Å². The Labute approximate surface area is 102 Å². The van der Waals surface area contributed by atoms with Gasteiger partial charge in [-0.3, -0.25) is 4.79 Å². The van der Waals surface area contributed by atoms with E-state index in [0.717, 1.165) is 12.0 Å². The molecule has 0 saturated heterocycles. The quantitative estimate of drug-likeness (QED) is 0.870. The zero-order valence-corrected chi connectivity index (χ0v) is 10.6. The molecule has 0 fully saturated rings. The van der Waals surface area contributed by atoms with Crippen molar-refractivity contribution in [1.82, 2.24) is 4.90 Å². The fourth-order valence-electron chi connectivity index (χ4n) is 2.34. The Morgan fingerprint density at radius 3 is 2.65 bits per heavy atom. The van der Waals surface area contributed by atoms with Crippen LogP contribution in [0.3, 0.4) is 0 Å². The molecule has 1 atom stereocenters. The predicted octanol–water partition coefficient (Wildman–Crippen LogP) is 2.35. The van der Waals surface area contributed by atoms with E-state index in [0.29, 0.717) is 17.9 Å². The highest BCUT2D eigenvalue weighted by Crippen LogP contribution is 2.39. The van der Waals surface area contributed by atoms with Crippen molar-refractivity contribution >= 4 is 5.91 Å². The number of carbonyl (C=O) groups is 1. The van der Waals surface area contributed by atoms with Gasteiger partial charge in [-0.05, 0) is 24.8 Å². The van der Waals surface area contributed by atoms with Crippen molar-refractivity contribution in [3.8, 4) is 0 Å². The smallest absolute Gasteiger partial charge is 0.256 e. The first-order valence-corrected chi connectivity index (χ1v) is 6.07. The van der Waals surface area contributed by atoms with Crippen molar-refractivity contribution in [2.75, 3.05) is 7.05 Å². The number of benzene rings is 1. The maximum Gasteiger partial charge on any atom is 0.256 e. The van der Waals surface area contributed by atoms with Crippen molar-refractivity contribution in [2.45, 2.75) is 32.4 Å². The summed E-state index contributed by atoms with van der Waals surface area (Å²) in [7, 11) is 1.67. The number of aliphatic hydroxyl groups is 1. The van der Waals surface area contributed by atoms with Crippen LogP contribution < -0.4 is 0 Å². The summed E-state index contributed by atoms with van der Waals surface area (Å²) >= 11 is 0. The summed E-state index contributed by atoms with van der Waals surface area (Å²) in [5, 5.41) is 10.7. The minimum absolute atomic E-state index is 0.0909. The van der Waals surface area contributed by atoms with Gasteiger partial charge in [0.2, 0.25) is 0 Å². The van der Waals surface area contributed by atoms with Crippen LogP contribution in [0.15, 0.2) is 24.3 Å². The summed E-state index contributed by atoms with van der Waals surface area (Å²) in [6, 6.07) is 7.32. The summed E-state index contributed by atoms with van der Waals surface area (Å²) in [5.41, 5.74) is 0.243. The third-order valence-corrected chi connectivity index (χ3v) is 3.52. The largest absolute Gasteiger partial charge is 0.367 e. The summed E-state index contributed by atoms with van der Waals surface area (Å²) in [4.78, 5) is 13.5. The first kappa shape index (κ1) is 12.1. The minimum atomic E-state index is -1.13. The van der Waals surface area contributed by atoms with Crippen LogP contribution >= 0.6 is 0 Å². The van der Waals surface area contributed by atoms with Crippen LogP contribution in [0, 0.1) is 5.92 Å². The lowest BCUT2D eigenvalue weighted by molar-refractivity contribution is -0.0815. The van der Waals surface area contributed by atoms with Crippen molar-refractivity contribution in [1.29, 1.82) is 0 Å². The average molecular weight is 233 g/mol. The maximum atomic E-state index is 12.0. The standard InChI is InChI=1S/C14H19NO2/c1-10(2)8-9-14(17)12-7-5-4-6-11(12)13(16)15(14)3/h4-7,10,17H,8-9H2,1-3H3. The maximum absolute atomic E-state index is 12.0. The van der Waals surface area contributed by atoms with E-state index < -0.39 is 5.72 Å². The van der Waals surface area contributed by atoms with E-state index in [1.165, 1.54) is 4.90 Å². The van der Waals surface area contributed by atoms with Crippen LogP contribution in [0.2, 0.25) is 0 Å². The first-order valence-electron chi connectivity index (χ1n) is 6.07. The molecule has 0 bridgehead atoms. The van der Waals surface area contributed by atoms with Crippen LogP contribution in [0.5, 0.6) is 0 Å². The third-order valence-electron chi connectivity index (χ3n) is 3.52. The van der Waals surface area contributed by atoms with Gasteiger partial charge in [0.05, 0.1) is 0 Å².